The van der Waals surface area contributed by atoms with Gasteiger partial charge in [-0.15, -0.1) is 47.3 Å². The maximum Gasteiger partial charge on any atom is 0.276 e. The van der Waals surface area contributed by atoms with Crippen molar-refractivity contribution in [2.45, 2.75) is 16.3 Å². The summed E-state index contributed by atoms with van der Waals surface area (Å²) in [5.74, 6) is -0.0745. The lowest BCUT2D eigenvalue weighted by molar-refractivity contribution is -0.647. The lowest BCUT2D eigenvalue weighted by Crippen LogP contribution is -2.71. The van der Waals surface area contributed by atoms with Crippen molar-refractivity contribution in [2.24, 2.45) is 5.16 Å². The van der Waals surface area contributed by atoms with Crippen LogP contribution < -0.4 is 21.2 Å². The van der Waals surface area contributed by atoms with Crippen molar-refractivity contribution in [1.82, 2.24) is 15.2 Å². The van der Waals surface area contributed by atoms with Crippen LogP contribution in [-0.4, -0.2) is 86.2 Å². The van der Waals surface area contributed by atoms with Crippen LogP contribution in [0.4, 0.5) is 5.13 Å². The summed E-state index contributed by atoms with van der Waals surface area (Å²) in [7, 11) is 3.11. The first kappa shape index (κ1) is 36.4. The molecular weight excluding hydrogens is 617 g/mol. The summed E-state index contributed by atoms with van der Waals surface area (Å²) in [4.78, 5) is 49.3. The summed E-state index contributed by atoms with van der Waals surface area (Å²) < 4.78 is 1.80. The lowest BCUT2D eigenvalue weighted by atomic mass is 10.0. The molecule has 0 aliphatic carbocycles. The van der Waals surface area contributed by atoms with Gasteiger partial charge >= 0.3 is 0 Å². The number of nitrogens with zero attached hydrogens (tertiary/aromatic N) is 4. The summed E-state index contributed by atoms with van der Waals surface area (Å²) in [5.41, 5.74) is 9.72. The van der Waals surface area contributed by atoms with Gasteiger partial charge in [0.2, 0.25) is 12.4 Å². The second-order valence-corrected chi connectivity index (χ2v) is 10.6. The van der Waals surface area contributed by atoms with E-state index >= 15 is 0 Å². The molecule has 10 N–H and O–H groups in total. The average molecular weight is 646 g/mol. The monoisotopic (exact) mass is 644 g/mol. The van der Waals surface area contributed by atoms with Gasteiger partial charge in [0.15, 0.2) is 10.8 Å². The summed E-state index contributed by atoms with van der Waals surface area (Å²) in [6.07, 6.45) is 3.76. The first-order valence-corrected chi connectivity index (χ1v) is 13.4. The van der Waals surface area contributed by atoms with Crippen molar-refractivity contribution in [2.75, 3.05) is 36.8 Å². The number of thiazole rings is 1. The highest BCUT2D eigenvalue weighted by molar-refractivity contribution is 8.01. The minimum Gasteiger partial charge on any atom is -0.412 e. The Morgan fingerprint density at radius 1 is 1.33 bits per heavy atom. The van der Waals surface area contributed by atoms with Gasteiger partial charge < -0.3 is 32.3 Å². The molecule has 1 saturated heterocycles. The van der Waals surface area contributed by atoms with Crippen molar-refractivity contribution in [3.63, 3.8) is 0 Å². The number of aromatic nitrogens is 2. The molecule has 0 aromatic carbocycles. The van der Waals surface area contributed by atoms with Crippen molar-refractivity contribution in [3.8, 4) is 0 Å². The molecule has 14 nitrogen and oxygen atoms in total. The third kappa shape index (κ3) is 7.73. The Labute approximate surface area is 246 Å². The number of allylic oxidation sites excluding steroid dienone is 1. The Morgan fingerprint density at radius 2 is 2.00 bits per heavy atom. The van der Waals surface area contributed by atoms with Gasteiger partial charge in [-0.2, -0.15) is 5.43 Å². The van der Waals surface area contributed by atoms with Gasteiger partial charge in [-0.25, -0.2) is 4.98 Å². The first-order chi connectivity index (χ1) is 16.8. The van der Waals surface area contributed by atoms with Gasteiger partial charge in [0.1, 0.15) is 29.9 Å². The number of pyridine rings is 1. The zero-order chi connectivity index (χ0) is 25.1. The van der Waals surface area contributed by atoms with Gasteiger partial charge in [-0.05, 0) is 17.2 Å². The van der Waals surface area contributed by atoms with E-state index in [2.05, 4.69) is 20.9 Å². The highest BCUT2D eigenvalue weighted by Gasteiger charge is 2.54. The Morgan fingerprint density at radius 3 is 2.54 bits per heavy atom. The number of oxime groups is 1. The number of amides is 2. The molecule has 0 saturated carbocycles. The average Bonchev–Trinajstić information content (AvgIpc) is 3.29. The molecule has 0 spiro atoms. The smallest absolute Gasteiger partial charge is 0.276 e. The quantitative estimate of drug-likeness (QED) is 0.0732. The molecule has 19 heteroatoms. The van der Waals surface area contributed by atoms with Gasteiger partial charge in [0.25, 0.3) is 17.1 Å². The van der Waals surface area contributed by atoms with E-state index in [1.807, 2.05) is 31.6 Å². The molecule has 2 amide bonds. The van der Waals surface area contributed by atoms with E-state index < -0.39 is 28.5 Å². The van der Waals surface area contributed by atoms with E-state index in [-0.39, 0.29) is 51.1 Å². The van der Waals surface area contributed by atoms with Crippen LogP contribution in [0.1, 0.15) is 5.69 Å². The van der Waals surface area contributed by atoms with Crippen LogP contribution >= 0.6 is 58.9 Å². The topological polar surface area (TPSA) is 237 Å². The van der Waals surface area contributed by atoms with Crippen LogP contribution in [0.2, 0.25) is 0 Å². The second kappa shape index (κ2) is 15.8. The largest absolute Gasteiger partial charge is 0.412 e. The highest BCUT2D eigenvalue weighted by atomic mass is 35.5. The summed E-state index contributed by atoms with van der Waals surface area (Å²) in [6, 6.07) is 3.04. The summed E-state index contributed by atoms with van der Waals surface area (Å²) in [5, 5.41) is 7.08. The number of halogens is 2. The minimum absolute atomic E-state index is 0. The molecule has 4 rings (SSSR count). The zero-order valence-electron chi connectivity index (χ0n) is 20.5. The number of hydrogen-bond donors (Lipinski definition) is 3. The molecule has 2 aliphatic rings. The minimum atomic E-state index is -0.850. The molecule has 2 aromatic heterocycles. The van der Waals surface area contributed by atoms with Gasteiger partial charge in [0.05, 0.1) is 7.05 Å². The SMILES string of the molecule is CN[n+]1ccc(SCC2=C(C(=O)Cl)N3C(=O)[C@@H](NC(=O)/C(=N\OC)c4csc(N)n4)[C@H]3SC2)cc1.Cl.O.O.O. The number of thioether (sulfide) groups is 2. The van der Waals surface area contributed by atoms with Crippen LogP contribution in [0.3, 0.4) is 0 Å². The lowest BCUT2D eigenvalue weighted by Gasteiger charge is -2.49. The first-order valence-electron chi connectivity index (χ1n) is 10.2. The van der Waals surface area contributed by atoms with Crippen molar-refractivity contribution >= 4 is 86.8 Å². The normalized spacial score (nSPS) is 17.7. The molecule has 1 fully saturated rings. The van der Waals surface area contributed by atoms with Crippen LogP contribution in [0.15, 0.2) is 51.2 Å². The Balaban J connectivity index is 0.00000361. The van der Waals surface area contributed by atoms with Crippen molar-refractivity contribution in [3.05, 3.63) is 46.9 Å². The molecule has 0 bridgehead atoms. The Bertz CT molecular complexity index is 1230. The number of anilines is 1. The third-order valence-electron chi connectivity index (χ3n) is 5.15. The van der Waals surface area contributed by atoms with E-state index in [0.29, 0.717) is 11.5 Å². The molecular formula is C20H28Cl2N7O7S3+. The molecule has 0 unspecified atom stereocenters. The number of nitrogens with two attached hydrogens (primary N) is 1. The summed E-state index contributed by atoms with van der Waals surface area (Å²) >= 11 is 10.0. The van der Waals surface area contributed by atoms with Crippen LogP contribution in [0, 0.1) is 0 Å². The molecule has 39 heavy (non-hydrogen) atoms. The standard InChI is InChI=1S/C20H20ClN7O4S3.ClH.3H2O/c1-23-27-5-3-11(4-6-27)33-7-10-8-34-19-14(18(31)28(19)15(10)16(21)29)25-17(30)13(26-32-2)12-9-35-20(22)24-12;;;;/h3-6,9,14,19,23H,7-8H2,1-2H3,(H2-,22,24,25,30);1H;3*1H2/p+1/b26-13-;;;;/t14-,19-;;;;/m1..../s1. The predicted molar refractivity (Wildman–Crippen MR) is 154 cm³/mol. The number of β-lactam (4-membered cyclic amide) rings is 1. The van der Waals surface area contributed by atoms with E-state index in [1.165, 1.54) is 35.5 Å². The van der Waals surface area contributed by atoms with E-state index in [1.54, 1.807) is 10.1 Å². The molecule has 2 aromatic rings. The number of nitrogen functional groups attached to an aromatic ring is 1. The predicted octanol–water partition coefficient (Wildman–Crippen LogP) is -1.30. The number of carbonyl (C=O) groups excluding carboxylic acids is 3. The van der Waals surface area contributed by atoms with Crippen molar-refractivity contribution in [1.29, 1.82) is 0 Å². The molecule has 216 valence electrons. The van der Waals surface area contributed by atoms with Crippen LogP contribution in [0.5, 0.6) is 0 Å². The Kier molecular flexibility index (Phi) is 14.8. The number of fused-ring (bicyclic) bond motifs is 1. The van der Waals surface area contributed by atoms with Crippen molar-refractivity contribution < 1.29 is 40.3 Å². The zero-order valence-corrected chi connectivity index (χ0v) is 24.5. The van der Waals surface area contributed by atoms with E-state index in [4.69, 9.17) is 22.2 Å². The highest BCUT2D eigenvalue weighted by Crippen LogP contribution is 2.42. The number of nitrogens with one attached hydrogen (secondary N) is 2. The van der Waals surface area contributed by atoms with Gasteiger partial charge in [-0.1, -0.05) is 9.83 Å². The fraction of sp³-hybridized carbons (Fsp3) is 0.300. The molecule has 0 radical (unpaired) electrons. The Hall–Kier alpha value is -2.64. The number of hydrogen-bond acceptors (Lipinski definition) is 11. The maximum atomic E-state index is 13.0. The second-order valence-electron chi connectivity index (χ2n) is 7.23. The number of carbonyl (C=O) groups is 3. The van der Waals surface area contributed by atoms with Gasteiger partial charge in [-0.3, -0.25) is 19.3 Å². The van der Waals surface area contributed by atoms with E-state index in [0.717, 1.165) is 21.8 Å². The maximum absolute atomic E-state index is 13.0. The van der Waals surface area contributed by atoms with Crippen LogP contribution in [0.25, 0.3) is 0 Å². The van der Waals surface area contributed by atoms with Crippen LogP contribution in [-0.2, 0) is 19.2 Å². The molecule has 2 aliphatic heterocycles. The molecule has 4 heterocycles. The summed E-state index contributed by atoms with van der Waals surface area (Å²) in [6.45, 7) is 0. The third-order valence-corrected chi connectivity index (χ3v) is 8.44. The van der Waals surface area contributed by atoms with E-state index in [9.17, 15) is 14.4 Å². The fourth-order valence-electron chi connectivity index (χ4n) is 3.50. The molecule has 2 atom stereocenters. The number of rotatable bonds is 9. The fourth-order valence-corrected chi connectivity index (χ4v) is 6.65. The van der Waals surface area contributed by atoms with Gasteiger partial charge in [0, 0.05) is 33.9 Å².